The first kappa shape index (κ1) is 12.7. The highest BCUT2D eigenvalue weighted by molar-refractivity contribution is 7.12. The van der Waals surface area contributed by atoms with Crippen molar-refractivity contribution in [3.63, 3.8) is 0 Å². The Labute approximate surface area is 107 Å². The summed E-state index contributed by atoms with van der Waals surface area (Å²) in [4.78, 5) is 12.2. The van der Waals surface area contributed by atoms with Crippen LogP contribution in [0, 0.1) is 11.6 Å². The second-order valence-corrected chi connectivity index (χ2v) is 4.68. The van der Waals surface area contributed by atoms with E-state index in [1.165, 1.54) is 17.4 Å². The Hall–Kier alpha value is -1.75. The standard InChI is InChI=1S/C13H11F2NOS/c14-10-4-3-9(8-11(10)15)5-6-16-13(17)12-2-1-7-18-12/h1-4,7-8H,5-6H2,(H,16,17). The molecule has 0 saturated carbocycles. The van der Waals surface area contributed by atoms with Gasteiger partial charge in [-0.05, 0) is 35.6 Å². The van der Waals surface area contributed by atoms with E-state index in [4.69, 9.17) is 0 Å². The van der Waals surface area contributed by atoms with Crippen LogP contribution < -0.4 is 5.32 Å². The number of thiophene rings is 1. The van der Waals surface area contributed by atoms with E-state index < -0.39 is 11.6 Å². The number of hydrogen-bond acceptors (Lipinski definition) is 2. The zero-order valence-corrected chi connectivity index (χ0v) is 10.3. The lowest BCUT2D eigenvalue weighted by molar-refractivity contribution is 0.0958. The number of benzene rings is 1. The van der Waals surface area contributed by atoms with Gasteiger partial charge in [0.15, 0.2) is 11.6 Å². The summed E-state index contributed by atoms with van der Waals surface area (Å²) in [5.41, 5.74) is 0.653. The monoisotopic (exact) mass is 267 g/mol. The zero-order chi connectivity index (χ0) is 13.0. The van der Waals surface area contributed by atoms with Crippen molar-refractivity contribution >= 4 is 17.2 Å². The third-order valence-corrected chi connectivity index (χ3v) is 3.30. The van der Waals surface area contributed by atoms with Gasteiger partial charge >= 0.3 is 0 Å². The summed E-state index contributed by atoms with van der Waals surface area (Å²) in [6.07, 6.45) is 0.467. The van der Waals surface area contributed by atoms with Gasteiger partial charge in [0.1, 0.15) is 0 Å². The molecular weight excluding hydrogens is 256 g/mol. The minimum Gasteiger partial charge on any atom is -0.351 e. The first-order valence-corrected chi connectivity index (χ1v) is 6.30. The van der Waals surface area contributed by atoms with Crippen LogP contribution >= 0.6 is 11.3 Å². The van der Waals surface area contributed by atoms with Crippen LogP contribution in [0.25, 0.3) is 0 Å². The molecule has 2 rings (SSSR count). The van der Waals surface area contributed by atoms with Gasteiger partial charge in [0.2, 0.25) is 0 Å². The highest BCUT2D eigenvalue weighted by atomic mass is 32.1. The normalized spacial score (nSPS) is 10.3. The van der Waals surface area contributed by atoms with Gasteiger partial charge in [-0.25, -0.2) is 8.78 Å². The van der Waals surface area contributed by atoms with Crippen molar-refractivity contribution in [3.05, 3.63) is 57.8 Å². The van der Waals surface area contributed by atoms with Gasteiger partial charge in [-0.3, -0.25) is 4.79 Å². The molecule has 1 aromatic heterocycles. The molecule has 1 aromatic carbocycles. The van der Waals surface area contributed by atoms with Crippen molar-refractivity contribution in [2.45, 2.75) is 6.42 Å². The average molecular weight is 267 g/mol. The Morgan fingerprint density at radius 2 is 2.06 bits per heavy atom. The summed E-state index contributed by atoms with van der Waals surface area (Å²) in [5.74, 6) is -1.87. The molecule has 5 heteroatoms. The first-order chi connectivity index (χ1) is 8.66. The van der Waals surface area contributed by atoms with Crippen LogP contribution in [0.2, 0.25) is 0 Å². The number of nitrogens with one attached hydrogen (secondary N) is 1. The van der Waals surface area contributed by atoms with Gasteiger partial charge in [0.05, 0.1) is 4.88 Å². The third-order valence-electron chi connectivity index (χ3n) is 2.43. The molecule has 1 heterocycles. The highest BCUT2D eigenvalue weighted by Crippen LogP contribution is 2.10. The number of hydrogen-bond donors (Lipinski definition) is 1. The Balaban J connectivity index is 1.85. The molecule has 0 saturated heterocycles. The van der Waals surface area contributed by atoms with Crippen molar-refractivity contribution in [1.82, 2.24) is 5.32 Å². The second-order valence-electron chi connectivity index (χ2n) is 3.73. The van der Waals surface area contributed by atoms with Gasteiger partial charge < -0.3 is 5.32 Å². The molecule has 0 fully saturated rings. The van der Waals surface area contributed by atoms with E-state index in [0.29, 0.717) is 23.4 Å². The van der Waals surface area contributed by atoms with E-state index in [2.05, 4.69) is 5.32 Å². The lowest BCUT2D eigenvalue weighted by atomic mass is 10.1. The molecule has 0 aliphatic carbocycles. The summed E-state index contributed by atoms with van der Waals surface area (Å²) < 4.78 is 25.6. The smallest absolute Gasteiger partial charge is 0.261 e. The lowest BCUT2D eigenvalue weighted by Crippen LogP contribution is -2.24. The number of carbonyl (C=O) groups is 1. The SMILES string of the molecule is O=C(NCCc1ccc(F)c(F)c1)c1cccs1. The molecule has 0 atom stereocenters. The van der Waals surface area contributed by atoms with E-state index in [0.717, 1.165) is 12.1 Å². The van der Waals surface area contributed by atoms with Crippen LogP contribution in [0.15, 0.2) is 35.7 Å². The highest BCUT2D eigenvalue weighted by Gasteiger charge is 2.06. The quantitative estimate of drug-likeness (QED) is 0.906. The molecule has 18 heavy (non-hydrogen) atoms. The minimum atomic E-state index is -0.864. The molecule has 2 aromatic rings. The Bertz CT molecular complexity index is 540. The molecular formula is C13H11F2NOS. The molecule has 2 nitrogen and oxygen atoms in total. The van der Waals surface area contributed by atoms with Crippen LogP contribution in [-0.4, -0.2) is 12.5 Å². The maximum absolute atomic E-state index is 12.9. The minimum absolute atomic E-state index is 0.146. The van der Waals surface area contributed by atoms with E-state index >= 15 is 0 Å². The van der Waals surface area contributed by atoms with Gasteiger partial charge in [0.25, 0.3) is 5.91 Å². The predicted molar refractivity (Wildman–Crippen MR) is 66.7 cm³/mol. The van der Waals surface area contributed by atoms with E-state index in [1.807, 2.05) is 5.38 Å². The second kappa shape index (κ2) is 5.73. The molecule has 0 bridgehead atoms. The van der Waals surface area contributed by atoms with Gasteiger partial charge in [-0.2, -0.15) is 0 Å². The summed E-state index contributed by atoms with van der Waals surface area (Å²) >= 11 is 1.36. The number of rotatable bonds is 4. The third kappa shape index (κ3) is 3.13. The summed E-state index contributed by atoms with van der Waals surface area (Å²) in [6, 6.07) is 7.28. The van der Waals surface area contributed by atoms with Crippen LogP contribution in [-0.2, 0) is 6.42 Å². The fourth-order valence-electron chi connectivity index (χ4n) is 1.51. The Morgan fingerprint density at radius 3 is 2.72 bits per heavy atom. The fourth-order valence-corrected chi connectivity index (χ4v) is 2.15. The summed E-state index contributed by atoms with van der Waals surface area (Å²) in [5, 5.41) is 4.55. The molecule has 0 aliphatic heterocycles. The van der Waals surface area contributed by atoms with Gasteiger partial charge in [0, 0.05) is 6.54 Å². The Kier molecular flexibility index (Phi) is 4.04. The number of amides is 1. The molecule has 94 valence electrons. The topological polar surface area (TPSA) is 29.1 Å². The maximum atomic E-state index is 12.9. The molecule has 0 unspecified atom stereocenters. The van der Waals surface area contributed by atoms with Gasteiger partial charge in [-0.15, -0.1) is 11.3 Å². The first-order valence-electron chi connectivity index (χ1n) is 5.42. The maximum Gasteiger partial charge on any atom is 0.261 e. The van der Waals surface area contributed by atoms with Crippen LogP contribution in [0.1, 0.15) is 15.2 Å². The van der Waals surface area contributed by atoms with Crippen molar-refractivity contribution in [3.8, 4) is 0 Å². The lowest BCUT2D eigenvalue weighted by Gasteiger charge is -2.04. The van der Waals surface area contributed by atoms with E-state index in [9.17, 15) is 13.6 Å². The van der Waals surface area contributed by atoms with Crippen molar-refractivity contribution in [1.29, 1.82) is 0 Å². The molecule has 1 amide bonds. The fraction of sp³-hybridized carbons (Fsp3) is 0.154. The van der Waals surface area contributed by atoms with E-state index in [-0.39, 0.29) is 5.91 Å². The molecule has 1 N–H and O–H groups in total. The van der Waals surface area contributed by atoms with Gasteiger partial charge in [-0.1, -0.05) is 12.1 Å². The largest absolute Gasteiger partial charge is 0.351 e. The van der Waals surface area contributed by atoms with Crippen molar-refractivity contribution in [2.24, 2.45) is 0 Å². The van der Waals surface area contributed by atoms with Crippen molar-refractivity contribution in [2.75, 3.05) is 6.54 Å². The Morgan fingerprint density at radius 1 is 1.22 bits per heavy atom. The summed E-state index contributed by atoms with van der Waals surface area (Å²) in [7, 11) is 0. The number of carbonyl (C=O) groups excluding carboxylic acids is 1. The average Bonchev–Trinajstić information content (AvgIpc) is 2.87. The molecule has 0 aliphatic rings. The predicted octanol–water partition coefficient (Wildman–Crippen LogP) is 3.00. The van der Waals surface area contributed by atoms with Crippen LogP contribution in [0.5, 0.6) is 0 Å². The molecule has 0 spiro atoms. The van der Waals surface area contributed by atoms with Crippen LogP contribution in [0.3, 0.4) is 0 Å². The molecule has 0 radical (unpaired) electrons. The number of halogens is 2. The van der Waals surface area contributed by atoms with Crippen molar-refractivity contribution < 1.29 is 13.6 Å². The van der Waals surface area contributed by atoms with Crippen LogP contribution in [0.4, 0.5) is 8.78 Å². The van der Waals surface area contributed by atoms with E-state index in [1.54, 1.807) is 12.1 Å². The zero-order valence-electron chi connectivity index (χ0n) is 9.45. The summed E-state index contributed by atoms with van der Waals surface area (Å²) in [6.45, 7) is 0.391.